The Morgan fingerprint density at radius 2 is 0.667 bits per heavy atom. The quantitative estimate of drug-likeness (QED) is 0.113. The molecule has 1 aromatic heterocycles. The highest BCUT2D eigenvalue weighted by Crippen LogP contribution is 2.35. The Morgan fingerprint density at radius 3 is 0.867 bits per heavy atom. The zero-order chi connectivity index (χ0) is 32.7. The summed E-state index contributed by atoms with van der Waals surface area (Å²) in [5.74, 6) is 1.76. The highest BCUT2D eigenvalue weighted by atomic mass is 32.2. The van der Waals surface area contributed by atoms with Crippen molar-refractivity contribution in [1.82, 2.24) is 15.0 Å². The molecule has 45 heavy (non-hydrogen) atoms. The molecular weight excluding hydrogens is 619 g/mol. The molecule has 4 aromatic rings. The number of rotatable bonds is 15. The maximum absolute atomic E-state index is 11.2. The molecule has 0 bridgehead atoms. The van der Waals surface area contributed by atoms with E-state index in [9.17, 15) is 15.3 Å². The number of hydrogen-bond acceptors (Lipinski definition) is 9. The molecule has 1 heterocycles. The van der Waals surface area contributed by atoms with Crippen molar-refractivity contribution >= 4 is 35.3 Å². The van der Waals surface area contributed by atoms with Crippen LogP contribution in [0.3, 0.4) is 0 Å². The Balaban J connectivity index is 1.71. The monoisotopic (exact) mass is 663 g/mol. The second-order valence-electron chi connectivity index (χ2n) is 12.9. The SMILES string of the molecule is CC(C)(O)C(Cc1nc(CC(Sc2ccccc2)C(C)(C)O)nc(CC(Sc2ccccc2)C(C)(C)O)n1)Sc1ccccc1. The van der Waals surface area contributed by atoms with Crippen LogP contribution in [0.5, 0.6) is 0 Å². The van der Waals surface area contributed by atoms with E-state index in [1.54, 1.807) is 35.3 Å². The van der Waals surface area contributed by atoms with E-state index in [1.807, 2.05) is 133 Å². The minimum absolute atomic E-state index is 0.226. The van der Waals surface area contributed by atoms with Crippen LogP contribution in [0.2, 0.25) is 0 Å². The maximum atomic E-state index is 11.2. The van der Waals surface area contributed by atoms with Crippen molar-refractivity contribution in [2.45, 2.75) is 108 Å². The molecule has 0 radical (unpaired) electrons. The van der Waals surface area contributed by atoms with Gasteiger partial charge in [-0.15, -0.1) is 35.3 Å². The molecule has 0 aliphatic carbocycles. The molecule has 0 saturated heterocycles. The van der Waals surface area contributed by atoms with E-state index in [-0.39, 0.29) is 15.7 Å². The predicted octanol–water partition coefficient (Wildman–Crippen LogP) is 7.29. The molecule has 0 saturated carbocycles. The summed E-state index contributed by atoms with van der Waals surface area (Å²) < 4.78 is 0. The first-order valence-electron chi connectivity index (χ1n) is 15.2. The predicted molar refractivity (Wildman–Crippen MR) is 188 cm³/mol. The summed E-state index contributed by atoms with van der Waals surface area (Å²) in [7, 11) is 0. The molecule has 0 fully saturated rings. The lowest BCUT2D eigenvalue weighted by Crippen LogP contribution is -2.38. The molecule has 3 aromatic carbocycles. The van der Waals surface area contributed by atoms with Gasteiger partial charge in [0.25, 0.3) is 0 Å². The highest BCUT2D eigenvalue weighted by Gasteiger charge is 2.33. The van der Waals surface area contributed by atoms with Crippen molar-refractivity contribution < 1.29 is 15.3 Å². The van der Waals surface area contributed by atoms with Gasteiger partial charge in [0.15, 0.2) is 0 Å². The average Bonchev–Trinajstić information content (AvgIpc) is 2.96. The van der Waals surface area contributed by atoms with Gasteiger partial charge in [-0.1, -0.05) is 54.6 Å². The molecule has 9 heteroatoms. The zero-order valence-electron chi connectivity index (χ0n) is 26.9. The van der Waals surface area contributed by atoms with Crippen molar-refractivity contribution in [3.63, 3.8) is 0 Å². The lowest BCUT2D eigenvalue weighted by atomic mass is 10.0. The van der Waals surface area contributed by atoms with Crippen LogP contribution in [0.4, 0.5) is 0 Å². The van der Waals surface area contributed by atoms with E-state index in [2.05, 4.69) is 0 Å². The number of aliphatic hydroxyl groups is 3. The summed E-state index contributed by atoms with van der Waals surface area (Å²) in [6.45, 7) is 10.9. The minimum atomic E-state index is -1.01. The smallest absolute Gasteiger partial charge is 0.133 e. The minimum Gasteiger partial charge on any atom is -0.389 e. The summed E-state index contributed by atoms with van der Waals surface area (Å²) in [5.41, 5.74) is -3.03. The topological polar surface area (TPSA) is 99.4 Å². The van der Waals surface area contributed by atoms with Crippen LogP contribution >= 0.6 is 35.3 Å². The second-order valence-corrected chi connectivity index (χ2v) is 16.7. The first kappa shape index (κ1) is 35.5. The summed E-state index contributed by atoms with van der Waals surface area (Å²) in [5, 5.41) is 32.9. The molecule has 4 rings (SSSR count). The van der Waals surface area contributed by atoms with Crippen LogP contribution in [-0.2, 0) is 19.3 Å². The molecule has 0 amide bonds. The normalized spacial score (nSPS) is 14.6. The number of thioether (sulfide) groups is 3. The van der Waals surface area contributed by atoms with Gasteiger partial charge in [0.1, 0.15) is 17.5 Å². The number of hydrogen-bond donors (Lipinski definition) is 3. The molecule has 3 atom stereocenters. The molecule has 3 unspecified atom stereocenters. The number of nitrogens with zero attached hydrogens (tertiary/aromatic N) is 3. The van der Waals surface area contributed by atoms with Crippen molar-refractivity contribution in [3.05, 3.63) is 108 Å². The standard InChI is InChI=1S/C36H45N3O3S3/c1-34(2,40)28(43-25-16-10-7-11-17-25)22-31-37-32(23-29(35(3,4)41)44-26-18-12-8-13-19-26)39-33(38-31)24-30(36(5,6)42)45-27-20-14-9-15-21-27/h7-21,28-30,40-42H,22-24H2,1-6H3. The van der Waals surface area contributed by atoms with Gasteiger partial charge < -0.3 is 15.3 Å². The highest BCUT2D eigenvalue weighted by molar-refractivity contribution is 8.00. The first-order chi connectivity index (χ1) is 21.2. The number of aromatic nitrogens is 3. The van der Waals surface area contributed by atoms with Gasteiger partial charge in [-0.05, 0) is 77.9 Å². The fraction of sp³-hybridized carbons (Fsp3) is 0.417. The van der Waals surface area contributed by atoms with Crippen molar-refractivity contribution in [2.75, 3.05) is 0 Å². The van der Waals surface area contributed by atoms with Crippen LogP contribution < -0.4 is 0 Å². The van der Waals surface area contributed by atoms with Crippen molar-refractivity contribution in [3.8, 4) is 0 Å². The van der Waals surface area contributed by atoms with E-state index in [1.165, 1.54) is 0 Å². The largest absolute Gasteiger partial charge is 0.389 e. The van der Waals surface area contributed by atoms with Crippen molar-refractivity contribution in [1.29, 1.82) is 0 Å². The van der Waals surface area contributed by atoms with Gasteiger partial charge in [0.2, 0.25) is 0 Å². The Labute approximate surface area is 280 Å². The molecule has 6 nitrogen and oxygen atoms in total. The molecule has 240 valence electrons. The summed E-state index contributed by atoms with van der Waals surface area (Å²) in [6, 6.07) is 30.1. The maximum Gasteiger partial charge on any atom is 0.133 e. The van der Waals surface area contributed by atoms with Gasteiger partial charge in [-0.3, -0.25) is 0 Å². The molecule has 3 N–H and O–H groups in total. The van der Waals surface area contributed by atoms with Gasteiger partial charge in [0.05, 0.1) is 16.8 Å². The molecule has 0 aliphatic heterocycles. The second kappa shape index (κ2) is 15.5. The van der Waals surface area contributed by atoms with Gasteiger partial charge >= 0.3 is 0 Å². The van der Waals surface area contributed by atoms with E-state index >= 15 is 0 Å². The van der Waals surface area contributed by atoms with Gasteiger partial charge in [-0.25, -0.2) is 15.0 Å². The van der Waals surface area contributed by atoms with E-state index < -0.39 is 16.8 Å². The fourth-order valence-electron chi connectivity index (χ4n) is 4.59. The number of benzene rings is 3. The van der Waals surface area contributed by atoms with Crippen LogP contribution in [0.15, 0.2) is 106 Å². The van der Waals surface area contributed by atoms with Crippen molar-refractivity contribution in [2.24, 2.45) is 0 Å². The zero-order valence-corrected chi connectivity index (χ0v) is 29.4. The van der Waals surface area contributed by atoms with E-state index in [0.29, 0.717) is 36.7 Å². The van der Waals surface area contributed by atoms with Crippen LogP contribution in [0.25, 0.3) is 0 Å². The Bertz CT molecular complexity index is 1280. The van der Waals surface area contributed by atoms with Crippen LogP contribution in [0, 0.1) is 0 Å². The first-order valence-corrected chi connectivity index (χ1v) is 17.9. The van der Waals surface area contributed by atoms with Crippen LogP contribution in [-0.4, -0.2) is 62.8 Å². The third-order valence-corrected chi connectivity index (χ3v) is 12.0. The Kier molecular flexibility index (Phi) is 12.2. The third kappa shape index (κ3) is 11.4. The van der Waals surface area contributed by atoms with Gasteiger partial charge in [0, 0.05) is 49.7 Å². The Hall–Kier alpha value is -2.40. The van der Waals surface area contributed by atoms with Gasteiger partial charge in [-0.2, -0.15) is 0 Å². The van der Waals surface area contributed by atoms with E-state index in [4.69, 9.17) is 15.0 Å². The Morgan fingerprint density at radius 1 is 0.444 bits per heavy atom. The third-order valence-electron chi connectivity index (χ3n) is 7.31. The average molecular weight is 664 g/mol. The summed E-state index contributed by atoms with van der Waals surface area (Å²) in [4.78, 5) is 18.0. The fourth-order valence-corrected chi connectivity index (χ4v) is 8.08. The van der Waals surface area contributed by atoms with E-state index in [0.717, 1.165) is 14.7 Å². The lowest BCUT2D eigenvalue weighted by Gasteiger charge is -2.30. The van der Waals surface area contributed by atoms with Crippen LogP contribution in [0.1, 0.15) is 59.0 Å². The molecule has 0 aliphatic rings. The lowest BCUT2D eigenvalue weighted by molar-refractivity contribution is 0.0765. The summed E-state index contributed by atoms with van der Waals surface area (Å²) >= 11 is 4.81. The molecule has 0 spiro atoms. The molecular formula is C36H45N3O3S3. The summed E-state index contributed by atoms with van der Waals surface area (Å²) in [6.07, 6.45) is 1.26.